The summed E-state index contributed by atoms with van der Waals surface area (Å²) >= 11 is 6.52. The van der Waals surface area contributed by atoms with Gasteiger partial charge < -0.3 is 10.2 Å². The largest absolute Gasteiger partial charge is 0.355 e. The normalized spacial score (nSPS) is 11.9. The summed E-state index contributed by atoms with van der Waals surface area (Å²) in [6.45, 7) is 5.45. The van der Waals surface area contributed by atoms with E-state index in [1.54, 1.807) is 54.6 Å². The highest BCUT2D eigenvalue weighted by Crippen LogP contribution is 2.26. The molecule has 43 heavy (non-hydrogen) atoms. The first-order chi connectivity index (χ1) is 20.6. The number of anilines is 1. The van der Waals surface area contributed by atoms with E-state index in [1.807, 2.05) is 57.2 Å². The van der Waals surface area contributed by atoms with E-state index < -0.39 is 28.5 Å². The number of sulfonamides is 1. The van der Waals surface area contributed by atoms with Crippen LogP contribution in [0, 0.1) is 13.8 Å². The highest BCUT2D eigenvalue weighted by molar-refractivity contribution is 7.92. The zero-order chi connectivity index (χ0) is 31.0. The Morgan fingerprint density at radius 1 is 0.814 bits per heavy atom. The van der Waals surface area contributed by atoms with E-state index >= 15 is 0 Å². The monoisotopic (exact) mass is 617 g/mol. The molecule has 4 aromatic carbocycles. The van der Waals surface area contributed by atoms with Gasteiger partial charge in [-0.05, 0) is 62.2 Å². The fraction of sp³-hybridized carbons (Fsp3) is 0.235. The van der Waals surface area contributed by atoms with Crippen molar-refractivity contribution in [2.45, 2.75) is 44.7 Å². The average molecular weight is 618 g/mol. The Bertz CT molecular complexity index is 1640. The molecule has 0 bridgehead atoms. The molecule has 4 aromatic rings. The summed E-state index contributed by atoms with van der Waals surface area (Å²) in [7, 11) is -4.15. The third-order valence-corrected chi connectivity index (χ3v) is 9.29. The number of hydrogen-bond acceptors (Lipinski definition) is 4. The Morgan fingerprint density at radius 3 is 2.00 bits per heavy atom. The zero-order valence-corrected chi connectivity index (χ0v) is 26.1. The van der Waals surface area contributed by atoms with E-state index in [2.05, 4.69) is 5.32 Å². The van der Waals surface area contributed by atoms with Crippen molar-refractivity contribution in [3.8, 4) is 0 Å². The van der Waals surface area contributed by atoms with Gasteiger partial charge in [0.2, 0.25) is 11.8 Å². The first-order valence-corrected chi connectivity index (χ1v) is 15.9. The number of likely N-dealkylation sites (N-methyl/N-ethyl adjacent to an activating group) is 1. The molecule has 7 nitrogen and oxygen atoms in total. The number of aryl methyl sites for hydroxylation is 2. The Hall–Kier alpha value is -4.14. The van der Waals surface area contributed by atoms with Gasteiger partial charge in [-0.15, -0.1) is 0 Å². The molecule has 0 radical (unpaired) electrons. The predicted molar refractivity (Wildman–Crippen MR) is 172 cm³/mol. The molecule has 0 fully saturated rings. The van der Waals surface area contributed by atoms with Crippen molar-refractivity contribution in [2.75, 3.05) is 17.4 Å². The van der Waals surface area contributed by atoms with Gasteiger partial charge >= 0.3 is 0 Å². The van der Waals surface area contributed by atoms with E-state index in [4.69, 9.17) is 11.6 Å². The van der Waals surface area contributed by atoms with Crippen molar-refractivity contribution in [2.24, 2.45) is 0 Å². The number of nitrogens with one attached hydrogen (secondary N) is 1. The zero-order valence-electron chi connectivity index (χ0n) is 24.5. The van der Waals surface area contributed by atoms with Crippen molar-refractivity contribution in [3.05, 3.63) is 130 Å². The second-order valence-corrected chi connectivity index (χ2v) is 12.6. The molecular weight excluding hydrogens is 582 g/mol. The molecule has 0 saturated carbocycles. The molecular formula is C34H36ClN3O4S. The van der Waals surface area contributed by atoms with Gasteiger partial charge in [-0.3, -0.25) is 13.9 Å². The average Bonchev–Trinajstić information content (AvgIpc) is 3.00. The Labute approximate surface area is 259 Å². The Kier molecular flexibility index (Phi) is 10.6. The van der Waals surface area contributed by atoms with E-state index in [1.165, 1.54) is 17.0 Å². The van der Waals surface area contributed by atoms with Gasteiger partial charge in [0.05, 0.1) is 10.6 Å². The fourth-order valence-corrected chi connectivity index (χ4v) is 6.34. The molecule has 4 rings (SSSR count). The van der Waals surface area contributed by atoms with Crippen molar-refractivity contribution in [1.82, 2.24) is 10.2 Å². The first kappa shape index (κ1) is 31.8. The molecule has 0 spiro atoms. The summed E-state index contributed by atoms with van der Waals surface area (Å²) in [5.74, 6) is -0.876. The minimum atomic E-state index is -4.15. The van der Waals surface area contributed by atoms with Crippen LogP contribution in [-0.4, -0.2) is 44.3 Å². The topological polar surface area (TPSA) is 86.8 Å². The summed E-state index contributed by atoms with van der Waals surface area (Å²) in [5.41, 5.74) is 3.70. The van der Waals surface area contributed by atoms with Gasteiger partial charge in [-0.2, -0.15) is 0 Å². The minimum absolute atomic E-state index is 0.0134. The van der Waals surface area contributed by atoms with Gasteiger partial charge in [0.1, 0.15) is 12.6 Å². The minimum Gasteiger partial charge on any atom is -0.355 e. The van der Waals surface area contributed by atoms with Crippen molar-refractivity contribution in [3.63, 3.8) is 0 Å². The van der Waals surface area contributed by atoms with Gasteiger partial charge in [-0.1, -0.05) is 95.5 Å². The lowest BCUT2D eigenvalue weighted by atomic mass is 10.0. The van der Waals surface area contributed by atoms with Crippen LogP contribution in [-0.2, 0) is 32.6 Å². The lowest BCUT2D eigenvalue weighted by Crippen LogP contribution is -2.53. The quantitative estimate of drug-likeness (QED) is 0.214. The summed E-state index contributed by atoms with van der Waals surface area (Å²) in [6, 6.07) is 29.1. The van der Waals surface area contributed by atoms with Crippen LogP contribution >= 0.6 is 11.6 Å². The van der Waals surface area contributed by atoms with Crippen molar-refractivity contribution >= 4 is 39.1 Å². The molecule has 0 aliphatic carbocycles. The van der Waals surface area contributed by atoms with Crippen LogP contribution in [0.2, 0.25) is 5.02 Å². The maximum Gasteiger partial charge on any atom is 0.264 e. The predicted octanol–water partition coefficient (Wildman–Crippen LogP) is 5.93. The molecule has 1 N–H and O–H groups in total. The van der Waals surface area contributed by atoms with Crippen LogP contribution in [0.3, 0.4) is 0 Å². The molecule has 2 amide bonds. The Morgan fingerprint density at radius 2 is 1.40 bits per heavy atom. The fourth-order valence-electron chi connectivity index (χ4n) is 4.73. The maximum absolute atomic E-state index is 14.4. The van der Waals surface area contributed by atoms with Crippen LogP contribution in [0.25, 0.3) is 0 Å². The number of benzene rings is 4. The summed E-state index contributed by atoms with van der Waals surface area (Å²) < 4.78 is 29.2. The van der Waals surface area contributed by atoms with Gasteiger partial charge in [0.25, 0.3) is 10.0 Å². The van der Waals surface area contributed by atoms with Gasteiger partial charge in [0, 0.05) is 24.5 Å². The number of halogens is 1. The number of carbonyl (C=O) groups is 2. The van der Waals surface area contributed by atoms with E-state index in [-0.39, 0.29) is 23.8 Å². The lowest BCUT2D eigenvalue weighted by Gasteiger charge is -2.34. The number of nitrogens with zero attached hydrogens (tertiary/aromatic N) is 2. The standard InChI is InChI=1S/C34H36ClN3O4S/c1-4-36-34(40)32(22-27-10-6-5-7-11-27)37(23-28-12-8-9-13-31(28)35)33(39)24-38(29-18-14-25(2)15-19-29)43(41,42)30-20-16-26(3)17-21-30/h5-21,32H,4,22-24H2,1-3H3,(H,36,40)/t32-/m1/s1. The highest BCUT2D eigenvalue weighted by atomic mass is 35.5. The number of hydrogen-bond donors (Lipinski definition) is 1. The molecule has 0 saturated heterocycles. The number of amides is 2. The molecule has 0 aliphatic heterocycles. The van der Waals surface area contributed by atoms with E-state index in [9.17, 15) is 18.0 Å². The van der Waals surface area contributed by atoms with Crippen molar-refractivity contribution < 1.29 is 18.0 Å². The Balaban J connectivity index is 1.80. The van der Waals surface area contributed by atoms with Crippen LogP contribution in [0.5, 0.6) is 0 Å². The summed E-state index contributed by atoms with van der Waals surface area (Å²) in [6.07, 6.45) is 0.234. The SMILES string of the molecule is CCNC(=O)[C@@H](Cc1ccccc1)N(Cc1ccccc1Cl)C(=O)CN(c1ccc(C)cc1)S(=O)(=O)c1ccc(C)cc1. The third kappa shape index (κ3) is 8.03. The third-order valence-electron chi connectivity index (χ3n) is 7.13. The van der Waals surface area contributed by atoms with E-state index in [0.717, 1.165) is 21.0 Å². The molecule has 224 valence electrons. The van der Waals surface area contributed by atoms with Crippen LogP contribution in [0.4, 0.5) is 5.69 Å². The van der Waals surface area contributed by atoms with Crippen LogP contribution in [0.15, 0.2) is 108 Å². The second kappa shape index (κ2) is 14.4. The van der Waals surface area contributed by atoms with E-state index in [0.29, 0.717) is 22.8 Å². The summed E-state index contributed by atoms with van der Waals surface area (Å²) in [4.78, 5) is 29.4. The molecule has 0 aliphatic rings. The smallest absolute Gasteiger partial charge is 0.264 e. The molecule has 0 aromatic heterocycles. The van der Waals surface area contributed by atoms with Crippen molar-refractivity contribution in [1.29, 1.82) is 0 Å². The molecule has 0 unspecified atom stereocenters. The summed E-state index contributed by atoms with van der Waals surface area (Å²) in [5, 5.41) is 3.30. The lowest BCUT2D eigenvalue weighted by molar-refractivity contribution is -0.140. The van der Waals surface area contributed by atoms with Crippen LogP contribution in [0.1, 0.15) is 29.2 Å². The first-order valence-electron chi connectivity index (χ1n) is 14.1. The highest BCUT2D eigenvalue weighted by Gasteiger charge is 2.34. The van der Waals surface area contributed by atoms with Crippen LogP contribution < -0.4 is 9.62 Å². The second-order valence-electron chi connectivity index (χ2n) is 10.4. The number of carbonyl (C=O) groups excluding carboxylic acids is 2. The molecule has 9 heteroatoms. The maximum atomic E-state index is 14.4. The van der Waals surface area contributed by atoms with Gasteiger partial charge in [-0.25, -0.2) is 8.42 Å². The van der Waals surface area contributed by atoms with Gasteiger partial charge in [0.15, 0.2) is 0 Å². The molecule has 0 heterocycles. The number of rotatable bonds is 12. The molecule has 1 atom stereocenters.